The van der Waals surface area contributed by atoms with Gasteiger partial charge in [-0.25, -0.2) is 9.37 Å². The number of urea groups is 1. The molecular formula is C11H14N7O2S+. The third kappa shape index (κ3) is 1.94. The Bertz CT molecular complexity index is 707. The van der Waals surface area contributed by atoms with E-state index in [0.717, 1.165) is 4.90 Å². The summed E-state index contributed by atoms with van der Waals surface area (Å²) in [6.45, 7) is 0. The maximum absolute atomic E-state index is 12.3. The SMILES string of the molecule is CN1C(=O)C2C(=NC(Sc3nncn3C)=[N+]2C)N(C)C1=O. The van der Waals surface area contributed by atoms with Crippen LogP contribution >= 0.6 is 11.8 Å². The summed E-state index contributed by atoms with van der Waals surface area (Å²) in [4.78, 5) is 31.2. The number of carbonyl (C=O) groups is 2. The topological polar surface area (TPSA) is 86.7 Å². The number of rotatable bonds is 1. The van der Waals surface area contributed by atoms with Crippen LogP contribution in [0.25, 0.3) is 0 Å². The first-order valence-electron chi connectivity index (χ1n) is 6.17. The standard InChI is InChI=1S/C11H14N7O2S/c1-15-5-12-14-10(15)21-9-13-7-6(16(9)2)8(19)18(4)11(20)17(7)3/h5-6H,1-4H3/q+1. The molecule has 9 nitrogen and oxygen atoms in total. The first-order chi connectivity index (χ1) is 9.91. The summed E-state index contributed by atoms with van der Waals surface area (Å²) in [5, 5.41) is 9.06. The van der Waals surface area contributed by atoms with E-state index in [0.29, 0.717) is 16.2 Å². The lowest BCUT2D eigenvalue weighted by Crippen LogP contribution is -2.61. The lowest BCUT2D eigenvalue weighted by atomic mass is 10.2. The summed E-state index contributed by atoms with van der Waals surface area (Å²) < 4.78 is 3.51. The molecule has 1 aromatic heterocycles. The number of carbonyl (C=O) groups excluding carboxylic acids is 2. The second-order valence-electron chi connectivity index (χ2n) is 4.83. The normalized spacial score (nSPS) is 22.1. The molecule has 3 amide bonds. The molecule has 0 radical (unpaired) electrons. The number of nitrogens with zero attached hydrogens (tertiary/aromatic N) is 7. The quantitative estimate of drug-likeness (QED) is 0.635. The third-order valence-electron chi connectivity index (χ3n) is 3.48. The van der Waals surface area contributed by atoms with Gasteiger partial charge in [0.05, 0.1) is 7.05 Å². The Balaban J connectivity index is 1.98. The molecule has 10 heteroatoms. The van der Waals surface area contributed by atoms with Crippen molar-refractivity contribution in [1.29, 1.82) is 0 Å². The van der Waals surface area contributed by atoms with Crippen molar-refractivity contribution < 1.29 is 14.2 Å². The highest BCUT2D eigenvalue weighted by atomic mass is 32.2. The lowest BCUT2D eigenvalue weighted by molar-refractivity contribution is -0.502. The Hall–Kier alpha value is -2.23. The van der Waals surface area contributed by atoms with E-state index >= 15 is 0 Å². The van der Waals surface area contributed by atoms with Crippen LogP contribution in [0.3, 0.4) is 0 Å². The summed E-state index contributed by atoms with van der Waals surface area (Å²) in [7, 11) is 6.68. The van der Waals surface area contributed by atoms with Gasteiger partial charge in [0.1, 0.15) is 6.33 Å². The second-order valence-corrected chi connectivity index (χ2v) is 5.77. The van der Waals surface area contributed by atoms with Crippen LogP contribution in [-0.2, 0) is 11.8 Å². The number of fused-ring (bicyclic) bond motifs is 1. The molecule has 0 bridgehead atoms. The fourth-order valence-corrected chi connectivity index (χ4v) is 3.03. The summed E-state index contributed by atoms with van der Waals surface area (Å²) >= 11 is 1.30. The third-order valence-corrected chi connectivity index (χ3v) is 4.59. The molecule has 2 aliphatic heterocycles. The van der Waals surface area contributed by atoms with Crippen LogP contribution in [-0.4, -0.2) is 79.3 Å². The summed E-state index contributed by atoms with van der Waals surface area (Å²) in [6, 6.07) is -0.957. The average Bonchev–Trinajstić information content (AvgIpc) is 3.00. The van der Waals surface area contributed by atoms with Gasteiger partial charge in [0.25, 0.3) is 17.8 Å². The Morgan fingerprint density at radius 1 is 1.24 bits per heavy atom. The van der Waals surface area contributed by atoms with Gasteiger partial charge in [-0.1, -0.05) is 0 Å². The van der Waals surface area contributed by atoms with Crippen LogP contribution in [0.15, 0.2) is 16.5 Å². The lowest BCUT2D eigenvalue weighted by Gasteiger charge is -2.29. The number of aliphatic imine (C=N–C) groups is 1. The highest BCUT2D eigenvalue weighted by molar-refractivity contribution is 8.13. The van der Waals surface area contributed by atoms with Crippen LogP contribution in [0, 0.1) is 0 Å². The molecular weight excluding hydrogens is 294 g/mol. The van der Waals surface area contributed by atoms with Gasteiger partial charge in [0.15, 0.2) is 0 Å². The van der Waals surface area contributed by atoms with E-state index in [2.05, 4.69) is 15.2 Å². The minimum absolute atomic E-state index is 0.284. The molecule has 0 N–H and O–H groups in total. The zero-order chi connectivity index (χ0) is 15.3. The van der Waals surface area contributed by atoms with Crippen LogP contribution in [0.4, 0.5) is 4.79 Å². The molecule has 1 atom stereocenters. The van der Waals surface area contributed by atoms with Crippen molar-refractivity contribution in [3.05, 3.63) is 6.33 Å². The van der Waals surface area contributed by atoms with Crippen molar-refractivity contribution in [2.45, 2.75) is 11.2 Å². The van der Waals surface area contributed by atoms with Gasteiger partial charge in [0, 0.05) is 32.9 Å². The Morgan fingerprint density at radius 2 is 1.95 bits per heavy atom. The number of aryl methyl sites for hydroxylation is 1. The van der Waals surface area contributed by atoms with Crippen molar-refractivity contribution in [3.8, 4) is 0 Å². The molecule has 1 fully saturated rings. The van der Waals surface area contributed by atoms with Gasteiger partial charge in [-0.2, -0.15) is 0 Å². The molecule has 0 aromatic carbocycles. The zero-order valence-electron chi connectivity index (χ0n) is 12.0. The van der Waals surface area contributed by atoms with E-state index < -0.39 is 6.04 Å². The first-order valence-corrected chi connectivity index (χ1v) is 6.99. The maximum Gasteiger partial charge on any atom is 0.365 e. The molecule has 0 aliphatic carbocycles. The molecule has 1 unspecified atom stereocenters. The van der Waals surface area contributed by atoms with E-state index in [-0.39, 0.29) is 11.9 Å². The van der Waals surface area contributed by atoms with E-state index in [4.69, 9.17) is 0 Å². The molecule has 110 valence electrons. The minimum Gasteiger partial charge on any atom is -0.311 e. The van der Waals surface area contributed by atoms with Crippen LogP contribution in [0.2, 0.25) is 0 Å². The fourth-order valence-electron chi connectivity index (χ4n) is 2.20. The minimum atomic E-state index is -0.576. The maximum atomic E-state index is 12.3. The van der Waals surface area contributed by atoms with Crippen molar-refractivity contribution in [1.82, 2.24) is 24.6 Å². The van der Waals surface area contributed by atoms with Gasteiger partial charge < -0.3 is 4.57 Å². The Morgan fingerprint density at radius 3 is 2.57 bits per heavy atom. The number of thioether (sulfide) groups is 1. The van der Waals surface area contributed by atoms with Gasteiger partial charge in [-0.05, 0) is 4.99 Å². The molecule has 2 aliphatic rings. The van der Waals surface area contributed by atoms with E-state index in [9.17, 15) is 9.59 Å². The molecule has 0 saturated carbocycles. The summed E-state index contributed by atoms with van der Waals surface area (Å²) in [5.41, 5.74) is 0. The smallest absolute Gasteiger partial charge is 0.311 e. The van der Waals surface area contributed by atoms with Crippen molar-refractivity contribution >= 4 is 34.7 Å². The van der Waals surface area contributed by atoms with Crippen molar-refractivity contribution in [2.24, 2.45) is 12.0 Å². The van der Waals surface area contributed by atoms with Crippen LogP contribution in [0.5, 0.6) is 0 Å². The number of likely N-dealkylation sites (N-methyl/N-ethyl adjacent to an activating group) is 3. The summed E-state index contributed by atoms with van der Waals surface area (Å²) in [6.07, 6.45) is 1.59. The number of imide groups is 1. The van der Waals surface area contributed by atoms with E-state index in [1.165, 1.54) is 23.7 Å². The largest absolute Gasteiger partial charge is 0.365 e. The Labute approximate surface area is 124 Å². The van der Waals surface area contributed by atoms with Crippen LogP contribution in [0.1, 0.15) is 0 Å². The fraction of sp³-hybridized carbons (Fsp3) is 0.455. The molecule has 0 spiro atoms. The van der Waals surface area contributed by atoms with Gasteiger partial charge >= 0.3 is 11.2 Å². The van der Waals surface area contributed by atoms with Crippen LogP contribution < -0.4 is 0 Å². The molecule has 1 saturated heterocycles. The number of aromatic nitrogens is 3. The van der Waals surface area contributed by atoms with Crippen molar-refractivity contribution in [2.75, 3.05) is 21.1 Å². The highest BCUT2D eigenvalue weighted by Crippen LogP contribution is 2.24. The highest BCUT2D eigenvalue weighted by Gasteiger charge is 2.52. The first kappa shape index (κ1) is 13.7. The van der Waals surface area contributed by atoms with E-state index in [1.54, 1.807) is 29.6 Å². The molecule has 21 heavy (non-hydrogen) atoms. The predicted molar refractivity (Wildman–Crippen MR) is 75.2 cm³/mol. The molecule has 3 rings (SSSR count). The number of hydrogen-bond donors (Lipinski definition) is 0. The van der Waals surface area contributed by atoms with Gasteiger partial charge in [-0.3, -0.25) is 14.6 Å². The van der Waals surface area contributed by atoms with Crippen molar-refractivity contribution in [3.63, 3.8) is 0 Å². The predicted octanol–water partition coefficient (Wildman–Crippen LogP) is -0.790. The zero-order valence-corrected chi connectivity index (χ0v) is 12.8. The number of amides is 3. The number of amidine groups is 2. The van der Waals surface area contributed by atoms with Gasteiger partial charge in [0.2, 0.25) is 5.16 Å². The average molecular weight is 308 g/mol. The van der Waals surface area contributed by atoms with Gasteiger partial charge in [-0.15, -0.1) is 10.2 Å². The van der Waals surface area contributed by atoms with E-state index in [1.807, 2.05) is 7.05 Å². The monoisotopic (exact) mass is 308 g/mol. The Kier molecular flexibility index (Phi) is 3.04. The molecule has 3 heterocycles. The molecule has 1 aromatic rings. The number of hydrogen-bond acceptors (Lipinski definition) is 6. The second kappa shape index (κ2) is 4.65. The summed E-state index contributed by atoms with van der Waals surface area (Å²) in [5.74, 6) is 0.156.